The Labute approximate surface area is 87.7 Å². The molecule has 0 saturated carbocycles. The first-order valence-corrected chi connectivity index (χ1v) is 4.22. The first-order chi connectivity index (χ1) is 6.82. The Balaban J connectivity index is 4.27. The van der Waals surface area contributed by atoms with Gasteiger partial charge in [0.15, 0.2) is 6.04 Å². The van der Waals surface area contributed by atoms with E-state index in [9.17, 15) is 9.59 Å². The maximum Gasteiger partial charge on any atom is 0.328 e. The molecular weight excluding hydrogens is 200 g/mol. The lowest BCUT2D eigenvalue weighted by Gasteiger charge is -2.21. The Morgan fingerprint density at radius 3 is 2.40 bits per heavy atom. The molecule has 0 fully saturated rings. The van der Waals surface area contributed by atoms with Crippen molar-refractivity contribution >= 4 is 12.0 Å². The van der Waals surface area contributed by atoms with Crippen LogP contribution in [0.4, 0.5) is 4.79 Å². The van der Waals surface area contributed by atoms with Gasteiger partial charge in [-0.2, -0.15) is 0 Å². The fourth-order valence-corrected chi connectivity index (χ4v) is 0.700. The Hall–Kier alpha value is -1.74. The van der Waals surface area contributed by atoms with Crippen LogP contribution in [0.3, 0.4) is 0 Å². The summed E-state index contributed by atoms with van der Waals surface area (Å²) >= 11 is 0. The Bertz CT molecular complexity index is 293. The number of urea groups is 1. The number of aliphatic hydroxyl groups excluding tert-OH is 1. The largest absolute Gasteiger partial charge is 0.480 e. The lowest BCUT2D eigenvalue weighted by atomic mass is 10.1. The zero-order chi connectivity index (χ0) is 12.1. The molecule has 6 heteroatoms. The number of carbonyl (C=O) groups is 2. The second kappa shape index (κ2) is 5.22. The number of aliphatic carboxylic acids is 1. The third-order valence-electron chi connectivity index (χ3n) is 1.57. The molecule has 0 aromatic rings. The molecule has 0 bridgehead atoms. The lowest BCUT2D eigenvalue weighted by molar-refractivity contribution is -0.140. The number of aliphatic hydroxyl groups is 1. The molecule has 1 unspecified atom stereocenters. The molecule has 0 rings (SSSR count). The van der Waals surface area contributed by atoms with E-state index in [1.54, 1.807) is 13.8 Å². The number of nitrogens with one attached hydrogen (secondary N) is 2. The molecule has 0 saturated heterocycles. The molecule has 6 nitrogen and oxygen atoms in total. The van der Waals surface area contributed by atoms with E-state index < -0.39 is 30.2 Å². The molecule has 0 aromatic carbocycles. The molecule has 0 aliphatic rings. The van der Waals surface area contributed by atoms with Crippen LogP contribution in [-0.4, -0.2) is 40.4 Å². The average molecular weight is 214 g/mol. The minimum absolute atomic E-state index is 0.681. The molecular formula is C9H14N2O4. The summed E-state index contributed by atoms with van der Waals surface area (Å²) in [7, 11) is 0. The highest BCUT2D eigenvalue weighted by Crippen LogP contribution is 1.98. The van der Waals surface area contributed by atoms with Crippen LogP contribution in [0.2, 0.25) is 0 Å². The van der Waals surface area contributed by atoms with Crippen molar-refractivity contribution in [1.29, 1.82) is 0 Å². The van der Waals surface area contributed by atoms with Gasteiger partial charge in [-0.05, 0) is 13.8 Å². The number of carboxylic acid groups (broad SMARTS) is 1. The van der Waals surface area contributed by atoms with Crippen molar-refractivity contribution in [3.8, 4) is 12.3 Å². The van der Waals surface area contributed by atoms with Crippen LogP contribution < -0.4 is 10.6 Å². The van der Waals surface area contributed by atoms with Crippen molar-refractivity contribution in [1.82, 2.24) is 10.6 Å². The van der Waals surface area contributed by atoms with Gasteiger partial charge in [0, 0.05) is 0 Å². The zero-order valence-corrected chi connectivity index (χ0v) is 8.57. The zero-order valence-electron chi connectivity index (χ0n) is 8.57. The van der Waals surface area contributed by atoms with E-state index in [2.05, 4.69) is 16.6 Å². The van der Waals surface area contributed by atoms with E-state index in [1.807, 2.05) is 0 Å². The molecule has 0 radical (unpaired) electrons. The number of carbonyl (C=O) groups excluding carboxylic acids is 1. The highest BCUT2D eigenvalue weighted by molar-refractivity contribution is 5.83. The van der Waals surface area contributed by atoms with Crippen molar-refractivity contribution in [2.75, 3.05) is 6.61 Å². The maximum absolute atomic E-state index is 11.2. The summed E-state index contributed by atoms with van der Waals surface area (Å²) in [4.78, 5) is 21.7. The molecule has 0 aliphatic carbocycles. The summed E-state index contributed by atoms with van der Waals surface area (Å²) < 4.78 is 0. The molecule has 0 aromatic heterocycles. The third kappa shape index (κ3) is 4.88. The Kier molecular flexibility index (Phi) is 4.61. The van der Waals surface area contributed by atoms with Gasteiger partial charge >= 0.3 is 12.0 Å². The minimum Gasteiger partial charge on any atom is -0.480 e. The van der Waals surface area contributed by atoms with Crippen molar-refractivity contribution in [3.05, 3.63) is 0 Å². The predicted molar refractivity (Wildman–Crippen MR) is 53.1 cm³/mol. The highest BCUT2D eigenvalue weighted by Gasteiger charge is 2.22. The predicted octanol–water partition coefficient (Wildman–Crippen LogP) is -0.857. The van der Waals surface area contributed by atoms with Gasteiger partial charge < -0.3 is 20.8 Å². The molecule has 1 atom stereocenters. The summed E-state index contributed by atoms with van der Waals surface area (Å²) in [5, 5.41) is 21.6. The molecule has 15 heavy (non-hydrogen) atoms. The molecule has 2 amide bonds. The molecule has 84 valence electrons. The second-order valence-electron chi connectivity index (χ2n) is 3.44. The number of hydrogen-bond acceptors (Lipinski definition) is 3. The Morgan fingerprint density at radius 2 is 2.07 bits per heavy atom. The summed E-state index contributed by atoms with van der Waals surface area (Å²) in [5.74, 6) is 0.997. The van der Waals surface area contributed by atoms with E-state index in [0.29, 0.717) is 0 Å². The van der Waals surface area contributed by atoms with Crippen molar-refractivity contribution in [3.63, 3.8) is 0 Å². The Morgan fingerprint density at radius 1 is 1.53 bits per heavy atom. The average Bonchev–Trinajstić information content (AvgIpc) is 2.13. The molecule has 0 spiro atoms. The number of rotatable bonds is 4. The third-order valence-corrected chi connectivity index (χ3v) is 1.57. The van der Waals surface area contributed by atoms with Crippen molar-refractivity contribution in [2.45, 2.75) is 25.4 Å². The summed E-state index contributed by atoms with van der Waals surface area (Å²) in [5.41, 5.74) is -0.872. The summed E-state index contributed by atoms with van der Waals surface area (Å²) in [6.07, 6.45) is 5.12. The van der Waals surface area contributed by atoms with Crippen LogP contribution >= 0.6 is 0 Å². The van der Waals surface area contributed by atoms with E-state index >= 15 is 0 Å². The smallest absolute Gasteiger partial charge is 0.328 e. The lowest BCUT2D eigenvalue weighted by Crippen LogP contribution is -2.53. The van der Waals surface area contributed by atoms with E-state index in [1.165, 1.54) is 0 Å². The van der Waals surface area contributed by atoms with Gasteiger partial charge in [0.05, 0.1) is 12.1 Å². The first kappa shape index (κ1) is 13.3. The number of amides is 2. The monoisotopic (exact) mass is 214 g/mol. The standard InChI is InChI=1S/C9H14N2O4/c1-4-9(2,3)11-8(15)10-6(5-12)7(13)14/h1,6,12H,5H2,2-3H3,(H,13,14)(H2,10,11,15). The normalized spacial score (nSPS) is 12.4. The topological polar surface area (TPSA) is 98.7 Å². The van der Waals surface area contributed by atoms with E-state index in [-0.39, 0.29) is 0 Å². The van der Waals surface area contributed by atoms with Gasteiger partial charge in [0.2, 0.25) is 0 Å². The van der Waals surface area contributed by atoms with E-state index in [4.69, 9.17) is 16.6 Å². The van der Waals surface area contributed by atoms with Crippen LogP contribution in [0.1, 0.15) is 13.8 Å². The van der Waals surface area contributed by atoms with Crippen LogP contribution in [0.15, 0.2) is 0 Å². The minimum atomic E-state index is -1.33. The van der Waals surface area contributed by atoms with Crippen LogP contribution in [0, 0.1) is 12.3 Å². The number of hydrogen-bond donors (Lipinski definition) is 4. The first-order valence-electron chi connectivity index (χ1n) is 4.22. The second-order valence-corrected chi connectivity index (χ2v) is 3.44. The highest BCUT2D eigenvalue weighted by atomic mass is 16.4. The maximum atomic E-state index is 11.2. The fourth-order valence-electron chi connectivity index (χ4n) is 0.700. The van der Waals surface area contributed by atoms with E-state index in [0.717, 1.165) is 0 Å². The SMILES string of the molecule is C#CC(C)(C)NC(=O)NC(CO)C(=O)O. The van der Waals surface area contributed by atoms with Crippen LogP contribution in [0.5, 0.6) is 0 Å². The van der Waals surface area contributed by atoms with Gasteiger partial charge in [-0.3, -0.25) is 0 Å². The quantitative estimate of drug-likeness (QED) is 0.458. The molecule has 4 N–H and O–H groups in total. The molecule has 0 aliphatic heterocycles. The fraction of sp³-hybridized carbons (Fsp3) is 0.556. The number of carboxylic acids is 1. The summed E-state index contributed by atoms with van der Waals surface area (Å²) in [6.45, 7) is 2.49. The van der Waals surface area contributed by atoms with Crippen molar-refractivity contribution in [2.24, 2.45) is 0 Å². The number of terminal acetylenes is 1. The summed E-state index contributed by atoms with van der Waals surface area (Å²) in [6, 6.07) is -2.07. The van der Waals surface area contributed by atoms with Gasteiger partial charge in [-0.15, -0.1) is 6.42 Å². The van der Waals surface area contributed by atoms with Crippen LogP contribution in [-0.2, 0) is 4.79 Å². The van der Waals surface area contributed by atoms with Gasteiger partial charge in [0.25, 0.3) is 0 Å². The van der Waals surface area contributed by atoms with Crippen molar-refractivity contribution < 1.29 is 19.8 Å². The van der Waals surface area contributed by atoms with Gasteiger partial charge in [0.1, 0.15) is 0 Å². The van der Waals surface area contributed by atoms with Gasteiger partial charge in [-0.1, -0.05) is 5.92 Å². The van der Waals surface area contributed by atoms with Gasteiger partial charge in [-0.25, -0.2) is 9.59 Å². The van der Waals surface area contributed by atoms with Crippen LogP contribution in [0.25, 0.3) is 0 Å². The molecule has 0 heterocycles.